The second kappa shape index (κ2) is 7.39. The van der Waals surface area contributed by atoms with Crippen molar-refractivity contribution < 1.29 is 13.6 Å². The fourth-order valence-electron chi connectivity index (χ4n) is 2.60. The zero-order valence-corrected chi connectivity index (χ0v) is 14.4. The molecular weight excluding hydrogens is 366 g/mol. The first-order chi connectivity index (χ1) is 13.6. The quantitative estimate of drug-likeness (QED) is 0.556. The number of amides is 1. The van der Waals surface area contributed by atoms with Crippen molar-refractivity contribution in [2.24, 2.45) is 0 Å². The number of hydrogen-bond donors (Lipinski definition) is 2. The molecule has 0 saturated carbocycles. The van der Waals surface area contributed by atoms with Crippen molar-refractivity contribution in [3.05, 3.63) is 83.8 Å². The Morgan fingerprint density at radius 3 is 2.68 bits per heavy atom. The van der Waals surface area contributed by atoms with Gasteiger partial charge >= 0.3 is 0 Å². The summed E-state index contributed by atoms with van der Waals surface area (Å²) in [6, 6.07) is 13.7. The highest BCUT2D eigenvalue weighted by molar-refractivity contribution is 6.02. The molecule has 2 aromatic heterocycles. The first-order valence-electron chi connectivity index (χ1n) is 8.34. The second-order valence-electron chi connectivity index (χ2n) is 5.99. The standard InChI is InChI=1S/C19H14F2N6O/c20-14-7-5-12(6-8-14)16-9-17(25-24-16)18(28)23-19-22-11-27(26-19)10-13-3-1-2-4-15(13)21/h1-9,11H,10H2,(H,24,25)(H,23,26,28). The number of nitrogens with one attached hydrogen (secondary N) is 2. The van der Waals surface area contributed by atoms with Gasteiger partial charge in [0.05, 0.1) is 12.2 Å². The summed E-state index contributed by atoms with van der Waals surface area (Å²) in [4.78, 5) is 16.3. The van der Waals surface area contributed by atoms with Crippen LogP contribution in [0.1, 0.15) is 16.1 Å². The minimum Gasteiger partial charge on any atom is -0.288 e. The molecule has 2 aromatic carbocycles. The van der Waals surface area contributed by atoms with E-state index in [0.29, 0.717) is 16.8 Å². The lowest BCUT2D eigenvalue weighted by molar-refractivity contribution is 0.102. The summed E-state index contributed by atoms with van der Waals surface area (Å²) in [7, 11) is 0. The molecule has 28 heavy (non-hydrogen) atoms. The van der Waals surface area contributed by atoms with Crippen LogP contribution in [0.15, 0.2) is 60.9 Å². The van der Waals surface area contributed by atoms with E-state index in [4.69, 9.17) is 0 Å². The Balaban J connectivity index is 1.44. The van der Waals surface area contributed by atoms with Crippen LogP contribution in [0.4, 0.5) is 14.7 Å². The second-order valence-corrected chi connectivity index (χ2v) is 5.99. The van der Waals surface area contributed by atoms with E-state index >= 15 is 0 Å². The number of nitrogens with zero attached hydrogens (tertiary/aromatic N) is 4. The predicted molar refractivity (Wildman–Crippen MR) is 97.5 cm³/mol. The van der Waals surface area contributed by atoms with Crippen LogP contribution in [0.3, 0.4) is 0 Å². The van der Waals surface area contributed by atoms with Crippen molar-refractivity contribution in [2.75, 3.05) is 5.32 Å². The monoisotopic (exact) mass is 380 g/mol. The van der Waals surface area contributed by atoms with Crippen LogP contribution < -0.4 is 5.32 Å². The zero-order valence-electron chi connectivity index (χ0n) is 14.4. The van der Waals surface area contributed by atoms with Crippen molar-refractivity contribution >= 4 is 11.9 Å². The lowest BCUT2D eigenvalue weighted by atomic mass is 10.1. The average molecular weight is 380 g/mol. The molecule has 0 bridgehead atoms. The average Bonchev–Trinajstić information content (AvgIpc) is 3.34. The number of H-pyrrole nitrogens is 1. The van der Waals surface area contributed by atoms with Gasteiger partial charge in [-0.2, -0.15) is 5.10 Å². The van der Waals surface area contributed by atoms with Crippen LogP contribution in [-0.4, -0.2) is 30.9 Å². The molecule has 0 spiro atoms. The molecule has 0 aliphatic carbocycles. The van der Waals surface area contributed by atoms with Crippen LogP contribution in [0, 0.1) is 11.6 Å². The van der Waals surface area contributed by atoms with Gasteiger partial charge < -0.3 is 0 Å². The zero-order chi connectivity index (χ0) is 19.5. The number of halogens is 2. The van der Waals surface area contributed by atoms with E-state index in [1.165, 1.54) is 29.2 Å². The van der Waals surface area contributed by atoms with Gasteiger partial charge in [0.25, 0.3) is 5.91 Å². The van der Waals surface area contributed by atoms with Crippen LogP contribution in [0.2, 0.25) is 0 Å². The summed E-state index contributed by atoms with van der Waals surface area (Å²) in [6.45, 7) is 0.189. The van der Waals surface area contributed by atoms with Gasteiger partial charge in [0, 0.05) is 11.1 Å². The Labute approximate surface area is 158 Å². The Kier molecular flexibility index (Phi) is 4.63. The summed E-state index contributed by atoms with van der Waals surface area (Å²) < 4.78 is 28.1. The van der Waals surface area contributed by atoms with Crippen molar-refractivity contribution in [3.8, 4) is 11.3 Å². The molecule has 0 fully saturated rings. The van der Waals surface area contributed by atoms with E-state index in [9.17, 15) is 13.6 Å². The highest BCUT2D eigenvalue weighted by atomic mass is 19.1. The Morgan fingerprint density at radius 2 is 1.89 bits per heavy atom. The molecule has 7 nitrogen and oxygen atoms in total. The van der Waals surface area contributed by atoms with E-state index in [1.54, 1.807) is 36.4 Å². The minimum atomic E-state index is -0.482. The molecule has 0 unspecified atom stereocenters. The molecule has 9 heteroatoms. The van der Waals surface area contributed by atoms with Gasteiger partial charge in [-0.1, -0.05) is 18.2 Å². The van der Waals surface area contributed by atoms with Gasteiger partial charge in [0.15, 0.2) is 0 Å². The van der Waals surface area contributed by atoms with Crippen molar-refractivity contribution in [1.82, 2.24) is 25.0 Å². The highest BCUT2D eigenvalue weighted by Gasteiger charge is 2.14. The molecule has 2 heterocycles. The van der Waals surface area contributed by atoms with Crippen molar-refractivity contribution in [2.45, 2.75) is 6.54 Å². The van der Waals surface area contributed by atoms with E-state index in [-0.39, 0.29) is 29.8 Å². The maximum absolute atomic E-state index is 13.7. The van der Waals surface area contributed by atoms with Gasteiger partial charge in [-0.25, -0.2) is 18.4 Å². The van der Waals surface area contributed by atoms with E-state index in [1.807, 2.05) is 0 Å². The van der Waals surface area contributed by atoms with Crippen molar-refractivity contribution in [1.29, 1.82) is 0 Å². The molecular formula is C19H14F2N6O. The maximum Gasteiger partial charge on any atom is 0.276 e. The summed E-state index contributed by atoms with van der Waals surface area (Å²) in [5.41, 5.74) is 1.83. The van der Waals surface area contributed by atoms with Gasteiger partial charge in [-0.05, 0) is 36.4 Å². The minimum absolute atomic E-state index is 0.0827. The predicted octanol–water partition coefficient (Wildman–Crippen LogP) is 3.25. The smallest absolute Gasteiger partial charge is 0.276 e. The van der Waals surface area contributed by atoms with Gasteiger partial charge in [0.2, 0.25) is 5.95 Å². The van der Waals surface area contributed by atoms with Crippen LogP contribution in [0.5, 0.6) is 0 Å². The normalized spacial score (nSPS) is 10.8. The molecule has 0 aliphatic rings. The maximum atomic E-state index is 13.7. The number of anilines is 1. The third-order valence-electron chi connectivity index (χ3n) is 4.01. The van der Waals surface area contributed by atoms with Crippen LogP contribution >= 0.6 is 0 Å². The van der Waals surface area contributed by atoms with Crippen LogP contribution in [0.25, 0.3) is 11.3 Å². The Bertz CT molecular complexity index is 1120. The van der Waals surface area contributed by atoms with E-state index < -0.39 is 5.91 Å². The fraction of sp³-hybridized carbons (Fsp3) is 0.0526. The number of rotatable bonds is 5. The molecule has 0 saturated heterocycles. The molecule has 0 radical (unpaired) electrons. The number of carbonyl (C=O) groups excluding carboxylic acids is 1. The van der Waals surface area contributed by atoms with Gasteiger partial charge in [0.1, 0.15) is 23.7 Å². The van der Waals surface area contributed by atoms with E-state index in [2.05, 4.69) is 25.6 Å². The third-order valence-corrected chi connectivity index (χ3v) is 4.01. The Morgan fingerprint density at radius 1 is 1.11 bits per heavy atom. The fourth-order valence-corrected chi connectivity index (χ4v) is 2.60. The Hall–Kier alpha value is -3.88. The number of aromatic nitrogens is 5. The number of aromatic amines is 1. The molecule has 4 aromatic rings. The largest absolute Gasteiger partial charge is 0.288 e. The lowest BCUT2D eigenvalue weighted by Crippen LogP contribution is -2.14. The van der Waals surface area contributed by atoms with E-state index in [0.717, 1.165) is 0 Å². The summed E-state index contributed by atoms with van der Waals surface area (Å²) >= 11 is 0. The molecule has 2 N–H and O–H groups in total. The number of hydrogen-bond acceptors (Lipinski definition) is 4. The van der Waals surface area contributed by atoms with Crippen LogP contribution in [-0.2, 0) is 6.54 Å². The molecule has 0 aliphatic heterocycles. The van der Waals surface area contributed by atoms with Gasteiger partial charge in [-0.15, -0.1) is 5.10 Å². The van der Waals surface area contributed by atoms with Gasteiger partial charge in [-0.3, -0.25) is 15.2 Å². The lowest BCUT2D eigenvalue weighted by Gasteiger charge is -2.02. The SMILES string of the molecule is O=C(Nc1ncn(Cc2ccccc2F)n1)c1cc(-c2ccc(F)cc2)n[nH]1. The molecule has 0 atom stereocenters. The summed E-state index contributed by atoms with van der Waals surface area (Å²) in [6.07, 6.45) is 1.40. The van der Waals surface area contributed by atoms with Crippen molar-refractivity contribution in [3.63, 3.8) is 0 Å². The molecule has 140 valence electrons. The third kappa shape index (κ3) is 3.78. The first-order valence-corrected chi connectivity index (χ1v) is 8.34. The number of carbonyl (C=O) groups is 1. The highest BCUT2D eigenvalue weighted by Crippen LogP contribution is 2.18. The molecule has 1 amide bonds. The molecule has 4 rings (SSSR count). The summed E-state index contributed by atoms with van der Waals surface area (Å²) in [5.74, 6) is -1.09. The summed E-state index contributed by atoms with van der Waals surface area (Å²) in [5, 5.41) is 13.3. The topological polar surface area (TPSA) is 88.5 Å². The first kappa shape index (κ1) is 17.5. The number of benzene rings is 2.